The number of fused-ring (bicyclic) bond motifs is 7. The molecule has 10 unspecified atom stereocenters. The first-order valence-corrected chi connectivity index (χ1v) is 13.5. The van der Waals surface area contributed by atoms with E-state index in [-0.39, 0.29) is 0 Å². The summed E-state index contributed by atoms with van der Waals surface area (Å²) in [6.45, 7) is 4.99. The summed E-state index contributed by atoms with van der Waals surface area (Å²) in [7, 11) is 3.41. The van der Waals surface area contributed by atoms with Gasteiger partial charge in [0, 0.05) is 0 Å². The first-order chi connectivity index (χ1) is 13.5. The van der Waals surface area contributed by atoms with E-state index >= 15 is 0 Å². The highest BCUT2D eigenvalue weighted by atomic mass is 31.2. The van der Waals surface area contributed by atoms with Gasteiger partial charge in [-0.2, -0.15) is 0 Å². The molecule has 0 amide bonds. The first kappa shape index (κ1) is 20.2. The van der Waals surface area contributed by atoms with Crippen LogP contribution in [0, 0.1) is 47.3 Å². The van der Waals surface area contributed by atoms with Crippen molar-refractivity contribution in [1.29, 1.82) is 0 Å². The van der Waals surface area contributed by atoms with Crippen LogP contribution >= 0.6 is 8.53 Å². The Morgan fingerprint density at radius 2 is 1.11 bits per heavy atom. The summed E-state index contributed by atoms with van der Waals surface area (Å²) in [5, 5.41) is 0. The van der Waals surface area contributed by atoms with E-state index in [9.17, 15) is 0 Å². The molecule has 0 aromatic heterocycles. The summed E-state index contributed by atoms with van der Waals surface area (Å²) >= 11 is 0. The Morgan fingerprint density at radius 3 is 1.54 bits per heavy atom. The molecule has 28 heavy (non-hydrogen) atoms. The van der Waals surface area contributed by atoms with Crippen molar-refractivity contribution in [2.24, 2.45) is 47.3 Å². The monoisotopic (exact) mass is 407 g/mol. The summed E-state index contributed by atoms with van der Waals surface area (Å²) in [5.41, 5.74) is 0. The Labute approximate surface area is 174 Å². The van der Waals surface area contributed by atoms with E-state index in [1.807, 2.05) is 0 Å². The van der Waals surface area contributed by atoms with Crippen LogP contribution in [0.15, 0.2) is 0 Å². The van der Waals surface area contributed by atoms with Crippen molar-refractivity contribution in [3.05, 3.63) is 0 Å². The minimum Gasteiger partial charge on any atom is -0.318 e. The van der Waals surface area contributed by atoms with Crippen LogP contribution in [0.2, 0.25) is 0 Å². The SMILES string of the molecule is CC1CC2CCCCC2C2C1OP(N(C)C)OC1C(C)CC3CCCCC3C12. The van der Waals surface area contributed by atoms with Crippen LogP contribution in [0.5, 0.6) is 0 Å². The molecule has 0 aromatic carbocycles. The summed E-state index contributed by atoms with van der Waals surface area (Å²) in [5.74, 6) is 6.59. The van der Waals surface area contributed by atoms with Crippen molar-refractivity contribution in [1.82, 2.24) is 4.67 Å². The lowest BCUT2D eigenvalue weighted by Gasteiger charge is -2.56. The molecule has 0 radical (unpaired) electrons. The fourth-order valence-corrected chi connectivity index (χ4v) is 9.86. The topological polar surface area (TPSA) is 21.7 Å². The van der Waals surface area contributed by atoms with E-state index in [2.05, 4.69) is 32.6 Å². The van der Waals surface area contributed by atoms with E-state index in [1.54, 1.807) is 0 Å². The van der Waals surface area contributed by atoms with Gasteiger partial charge in [0.1, 0.15) is 0 Å². The normalized spacial score (nSPS) is 54.1. The van der Waals surface area contributed by atoms with Crippen molar-refractivity contribution >= 4 is 8.53 Å². The Balaban J connectivity index is 1.56. The van der Waals surface area contributed by atoms with Crippen LogP contribution < -0.4 is 0 Å². The molecule has 160 valence electrons. The molecule has 10 atom stereocenters. The molecular weight excluding hydrogens is 365 g/mol. The van der Waals surface area contributed by atoms with Crippen LogP contribution in [0.1, 0.15) is 78.1 Å². The van der Waals surface area contributed by atoms with Gasteiger partial charge in [0.15, 0.2) is 0 Å². The van der Waals surface area contributed by atoms with Gasteiger partial charge in [-0.1, -0.05) is 52.4 Å². The quantitative estimate of drug-likeness (QED) is 0.464. The second kappa shape index (κ2) is 8.10. The number of hydrogen-bond acceptors (Lipinski definition) is 3. The fourth-order valence-electron chi connectivity index (χ4n) is 8.32. The molecule has 5 fully saturated rings. The molecule has 1 heterocycles. The van der Waals surface area contributed by atoms with Gasteiger partial charge in [-0.05, 0) is 87.1 Å². The van der Waals surface area contributed by atoms with Crippen molar-refractivity contribution in [2.75, 3.05) is 14.1 Å². The van der Waals surface area contributed by atoms with Gasteiger partial charge >= 0.3 is 0 Å². The third-order valence-corrected chi connectivity index (χ3v) is 10.8. The van der Waals surface area contributed by atoms with Gasteiger partial charge in [0.2, 0.25) is 0 Å². The van der Waals surface area contributed by atoms with E-state index in [0.29, 0.717) is 24.0 Å². The summed E-state index contributed by atoms with van der Waals surface area (Å²) in [4.78, 5) is 0. The minimum absolute atomic E-state index is 0.427. The van der Waals surface area contributed by atoms with Crippen LogP contribution in [0.4, 0.5) is 0 Å². The summed E-state index contributed by atoms with van der Waals surface area (Å²) in [6.07, 6.45) is 15.3. The fraction of sp³-hybridized carbons (Fsp3) is 1.00. The van der Waals surface area contributed by atoms with E-state index in [0.717, 1.165) is 35.5 Å². The van der Waals surface area contributed by atoms with E-state index in [4.69, 9.17) is 9.05 Å². The van der Waals surface area contributed by atoms with Crippen LogP contribution in [-0.2, 0) is 9.05 Å². The van der Waals surface area contributed by atoms with Crippen molar-refractivity contribution in [3.8, 4) is 0 Å². The molecule has 0 bridgehead atoms. The van der Waals surface area contributed by atoms with Crippen molar-refractivity contribution in [2.45, 2.75) is 90.3 Å². The van der Waals surface area contributed by atoms with E-state index < -0.39 is 8.53 Å². The third-order valence-electron chi connectivity index (χ3n) is 9.35. The average Bonchev–Trinajstić information content (AvgIpc) is 2.87. The van der Waals surface area contributed by atoms with Crippen molar-refractivity contribution in [3.63, 3.8) is 0 Å². The maximum Gasteiger partial charge on any atom is 0.258 e. The predicted molar refractivity (Wildman–Crippen MR) is 116 cm³/mol. The smallest absolute Gasteiger partial charge is 0.258 e. The Morgan fingerprint density at radius 1 is 0.679 bits per heavy atom. The molecule has 5 rings (SSSR count). The highest BCUT2D eigenvalue weighted by Gasteiger charge is 2.58. The van der Waals surface area contributed by atoms with Gasteiger partial charge < -0.3 is 9.05 Å². The van der Waals surface area contributed by atoms with Gasteiger partial charge in [0.05, 0.1) is 12.2 Å². The largest absolute Gasteiger partial charge is 0.318 e. The Bertz CT molecular complexity index is 513. The lowest BCUT2D eigenvalue weighted by atomic mass is 9.50. The van der Waals surface area contributed by atoms with Crippen LogP contribution in [-0.4, -0.2) is 31.0 Å². The molecular formula is C24H42NO2P. The molecule has 1 saturated heterocycles. The van der Waals surface area contributed by atoms with Crippen LogP contribution in [0.25, 0.3) is 0 Å². The maximum absolute atomic E-state index is 6.93. The molecule has 3 nitrogen and oxygen atoms in total. The third kappa shape index (κ3) is 3.41. The number of nitrogens with zero attached hydrogens (tertiary/aromatic N) is 1. The second-order valence-electron chi connectivity index (χ2n) is 11.2. The molecule has 0 spiro atoms. The molecule has 4 saturated carbocycles. The summed E-state index contributed by atoms with van der Waals surface area (Å²) in [6, 6.07) is 0. The molecule has 1 aliphatic heterocycles. The number of hydrogen-bond donors (Lipinski definition) is 0. The molecule has 5 aliphatic rings. The number of rotatable bonds is 1. The Hall–Kier alpha value is 0.310. The molecule has 0 aromatic rings. The van der Waals surface area contributed by atoms with Gasteiger partial charge in [-0.3, -0.25) is 0 Å². The highest BCUT2D eigenvalue weighted by molar-refractivity contribution is 7.44. The second-order valence-corrected chi connectivity index (χ2v) is 12.9. The first-order valence-electron chi connectivity index (χ1n) is 12.4. The minimum atomic E-state index is -0.914. The van der Waals surface area contributed by atoms with Crippen molar-refractivity contribution < 1.29 is 9.05 Å². The van der Waals surface area contributed by atoms with Gasteiger partial charge in [0.25, 0.3) is 8.53 Å². The maximum atomic E-state index is 6.93. The molecule has 4 heteroatoms. The van der Waals surface area contributed by atoms with E-state index in [1.165, 1.54) is 64.2 Å². The Kier molecular flexibility index (Phi) is 5.85. The zero-order valence-corrected chi connectivity index (χ0v) is 19.4. The van der Waals surface area contributed by atoms with Gasteiger partial charge in [-0.15, -0.1) is 0 Å². The zero-order chi connectivity index (χ0) is 19.4. The average molecular weight is 408 g/mol. The highest BCUT2D eigenvalue weighted by Crippen LogP contribution is 2.63. The molecule has 0 N–H and O–H groups in total. The van der Waals surface area contributed by atoms with Gasteiger partial charge in [-0.25, -0.2) is 4.67 Å². The van der Waals surface area contributed by atoms with Crippen LogP contribution in [0.3, 0.4) is 0 Å². The zero-order valence-electron chi connectivity index (χ0n) is 18.6. The molecule has 4 aliphatic carbocycles. The lowest BCUT2D eigenvalue weighted by molar-refractivity contribution is -0.115. The lowest BCUT2D eigenvalue weighted by Crippen LogP contribution is -2.55. The standard InChI is InChI=1S/C24H42NO2P/c1-15-13-17-9-5-7-11-19(17)21-22-20-12-8-6-10-18(20)14-16(2)24(22)27-28(25(3)4)26-23(15)21/h15-24H,5-14H2,1-4H3. The predicted octanol–water partition coefficient (Wildman–Crippen LogP) is 6.48. The summed E-state index contributed by atoms with van der Waals surface area (Å²) < 4.78 is 16.1.